The van der Waals surface area contributed by atoms with Gasteiger partial charge in [-0.15, -0.1) is 0 Å². The number of hydrogen-bond acceptors (Lipinski definition) is 5. The van der Waals surface area contributed by atoms with Crippen molar-refractivity contribution in [3.05, 3.63) is 11.7 Å². The Kier molecular flexibility index (Phi) is 2.88. The maximum Gasteiger partial charge on any atom is 0.227 e. The second-order valence-electron chi connectivity index (χ2n) is 5.34. The van der Waals surface area contributed by atoms with Gasteiger partial charge >= 0.3 is 0 Å². The van der Waals surface area contributed by atoms with E-state index in [0.29, 0.717) is 18.1 Å². The minimum atomic E-state index is 0.411. The van der Waals surface area contributed by atoms with Crippen LogP contribution in [0.25, 0.3) is 0 Å². The number of fused-ring (bicyclic) bond motifs is 2. The summed E-state index contributed by atoms with van der Waals surface area (Å²) in [5, 5.41) is 3.82. The van der Waals surface area contributed by atoms with Crippen molar-refractivity contribution in [2.24, 2.45) is 5.73 Å². The molecule has 1 aromatic rings. The summed E-state index contributed by atoms with van der Waals surface area (Å²) in [7, 11) is 0. The Balaban J connectivity index is 1.59. The summed E-state index contributed by atoms with van der Waals surface area (Å²) in [5.41, 5.74) is 6.06. The molecule has 0 aliphatic carbocycles. The van der Waals surface area contributed by atoms with E-state index in [9.17, 15) is 0 Å². The number of aromatic nitrogens is 2. The van der Waals surface area contributed by atoms with E-state index in [2.05, 4.69) is 15.0 Å². The molecular weight excluding hydrogens is 216 g/mol. The maximum atomic E-state index is 6.06. The van der Waals surface area contributed by atoms with Crippen molar-refractivity contribution in [3.63, 3.8) is 0 Å². The first-order valence-electron chi connectivity index (χ1n) is 6.53. The third-order valence-corrected chi connectivity index (χ3v) is 4.07. The van der Waals surface area contributed by atoms with E-state index >= 15 is 0 Å². The van der Waals surface area contributed by atoms with Crippen LogP contribution < -0.4 is 5.73 Å². The van der Waals surface area contributed by atoms with Crippen LogP contribution >= 0.6 is 0 Å². The standard InChI is InChI=1S/C12H20N4O/c1-8-14-12(17-15-8)4-5-16-10-2-3-11(16)7-9(13)6-10/h9-11H,2-7,13H2,1H3. The number of rotatable bonds is 3. The Morgan fingerprint density at radius 1 is 1.35 bits per heavy atom. The highest BCUT2D eigenvalue weighted by atomic mass is 16.5. The van der Waals surface area contributed by atoms with Crippen molar-refractivity contribution in [2.75, 3.05) is 6.54 Å². The van der Waals surface area contributed by atoms with E-state index in [0.717, 1.165) is 37.5 Å². The molecule has 2 saturated heterocycles. The molecular formula is C12H20N4O. The van der Waals surface area contributed by atoms with Gasteiger partial charge in [-0.25, -0.2) is 0 Å². The molecule has 5 nitrogen and oxygen atoms in total. The quantitative estimate of drug-likeness (QED) is 0.843. The van der Waals surface area contributed by atoms with Crippen molar-refractivity contribution in [3.8, 4) is 0 Å². The zero-order chi connectivity index (χ0) is 11.8. The summed E-state index contributed by atoms with van der Waals surface area (Å²) in [6.07, 6.45) is 5.78. The lowest BCUT2D eigenvalue weighted by atomic mass is 9.98. The molecule has 3 rings (SSSR count). The van der Waals surface area contributed by atoms with E-state index in [-0.39, 0.29) is 0 Å². The average Bonchev–Trinajstić information content (AvgIpc) is 2.79. The molecule has 5 heteroatoms. The Labute approximate surface area is 101 Å². The van der Waals surface area contributed by atoms with Crippen LogP contribution in [0.3, 0.4) is 0 Å². The molecule has 2 fully saturated rings. The van der Waals surface area contributed by atoms with E-state index in [1.54, 1.807) is 0 Å². The maximum absolute atomic E-state index is 6.06. The molecule has 0 saturated carbocycles. The molecule has 2 unspecified atom stereocenters. The van der Waals surface area contributed by atoms with Gasteiger partial charge in [0.15, 0.2) is 5.82 Å². The van der Waals surface area contributed by atoms with Crippen molar-refractivity contribution in [2.45, 2.75) is 57.2 Å². The number of nitrogens with two attached hydrogens (primary N) is 1. The lowest BCUT2D eigenvalue weighted by Gasteiger charge is -2.37. The molecule has 2 bridgehead atoms. The second-order valence-corrected chi connectivity index (χ2v) is 5.34. The van der Waals surface area contributed by atoms with Gasteiger partial charge in [-0.05, 0) is 32.6 Å². The number of hydrogen-bond donors (Lipinski definition) is 1. The molecule has 0 amide bonds. The second kappa shape index (κ2) is 4.38. The fraction of sp³-hybridized carbons (Fsp3) is 0.833. The van der Waals surface area contributed by atoms with E-state index in [1.165, 1.54) is 12.8 Å². The third-order valence-electron chi connectivity index (χ3n) is 4.07. The Morgan fingerprint density at radius 3 is 2.65 bits per heavy atom. The van der Waals surface area contributed by atoms with Gasteiger partial charge in [-0.1, -0.05) is 5.16 Å². The van der Waals surface area contributed by atoms with Crippen LogP contribution in [0.1, 0.15) is 37.4 Å². The van der Waals surface area contributed by atoms with Gasteiger partial charge in [-0.3, -0.25) is 4.90 Å². The zero-order valence-corrected chi connectivity index (χ0v) is 10.3. The fourth-order valence-electron chi connectivity index (χ4n) is 3.35. The summed E-state index contributed by atoms with van der Waals surface area (Å²) in [6, 6.07) is 1.79. The number of piperidine rings is 1. The van der Waals surface area contributed by atoms with E-state index < -0.39 is 0 Å². The first-order chi connectivity index (χ1) is 8.22. The van der Waals surface area contributed by atoms with Crippen molar-refractivity contribution >= 4 is 0 Å². The van der Waals surface area contributed by atoms with Gasteiger partial charge in [0, 0.05) is 31.1 Å². The normalized spacial score (nSPS) is 33.2. The van der Waals surface area contributed by atoms with Crippen LogP contribution in [-0.4, -0.2) is 39.7 Å². The number of nitrogens with zero attached hydrogens (tertiary/aromatic N) is 3. The monoisotopic (exact) mass is 236 g/mol. The van der Waals surface area contributed by atoms with Crippen molar-refractivity contribution < 1.29 is 4.52 Å². The van der Waals surface area contributed by atoms with Gasteiger partial charge in [-0.2, -0.15) is 4.98 Å². The molecule has 2 atom stereocenters. The predicted molar refractivity (Wildman–Crippen MR) is 63.5 cm³/mol. The smallest absolute Gasteiger partial charge is 0.227 e. The van der Waals surface area contributed by atoms with Gasteiger partial charge < -0.3 is 10.3 Å². The SMILES string of the molecule is Cc1noc(CCN2C3CCC2CC(N)C3)n1. The minimum Gasteiger partial charge on any atom is -0.339 e. The number of aryl methyl sites for hydroxylation is 1. The molecule has 2 aliphatic rings. The largest absolute Gasteiger partial charge is 0.339 e. The fourth-order valence-corrected chi connectivity index (χ4v) is 3.35. The van der Waals surface area contributed by atoms with Gasteiger partial charge in [0.2, 0.25) is 5.89 Å². The minimum absolute atomic E-state index is 0.411. The summed E-state index contributed by atoms with van der Waals surface area (Å²) >= 11 is 0. The van der Waals surface area contributed by atoms with E-state index in [4.69, 9.17) is 10.3 Å². The summed E-state index contributed by atoms with van der Waals surface area (Å²) in [6.45, 7) is 2.89. The van der Waals surface area contributed by atoms with Crippen molar-refractivity contribution in [1.29, 1.82) is 0 Å². The van der Waals surface area contributed by atoms with Crippen molar-refractivity contribution in [1.82, 2.24) is 15.0 Å². The van der Waals surface area contributed by atoms with Crippen LogP contribution in [-0.2, 0) is 6.42 Å². The van der Waals surface area contributed by atoms with Crippen LogP contribution in [0.5, 0.6) is 0 Å². The van der Waals surface area contributed by atoms with Crippen LogP contribution in [0.2, 0.25) is 0 Å². The summed E-state index contributed by atoms with van der Waals surface area (Å²) in [4.78, 5) is 6.85. The van der Waals surface area contributed by atoms with E-state index in [1.807, 2.05) is 6.92 Å². The Bertz CT molecular complexity index is 378. The summed E-state index contributed by atoms with van der Waals surface area (Å²) in [5.74, 6) is 1.49. The lowest BCUT2D eigenvalue weighted by molar-refractivity contribution is 0.126. The first-order valence-corrected chi connectivity index (χ1v) is 6.53. The summed E-state index contributed by atoms with van der Waals surface area (Å²) < 4.78 is 5.15. The molecule has 0 spiro atoms. The van der Waals surface area contributed by atoms with Crippen LogP contribution in [0.4, 0.5) is 0 Å². The molecule has 94 valence electrons. The Morgan fingerprint density at radius 2 is 2.06 bits per heavy atom. The molecule has 2 N–H and O–H groups in total. The molecule has 17 heavy (non-hydrogen) atoms. The van der Waals surface area contributed by atoms with Gasteiger partial charge in [0.25, 0.3) is 0 Å². The van der Waals surface area contributed by atoms with Gasteiger partial charge in [0.1, 0.15) is 0 Å². The van der Waals surface area contributed by atoms with Crippen LogP contribution in [0, 0.1) is 6.92 Å². The molecule has 2 aliphatic heterocycles. The third kappa shape index (κ3) is 2.21. The zero-order valence-electron chi connectivity index (χ0n) is 10.3. The Hall–Kier alpha value is -0.940. The lowest BCUT2D eigenvalue weighted by Crippen LogP contribution is -2.48. The molecule has 0 radical (unpaired) electrons. The molecule has 3 heterocycles. The highest BCUT2D eigenvalue weighted by Gasteiger charge is 2.39. The topological polar surface area (TPSA) is 68.2 Å². The average molecular weight is 236 g/mol. The highest BCUT2D eigenvalue weighted by molar-refractivity contribution is 4.97. The first kappa shape index (κ1) is 11.2. The molecule has 0 aromatic carbocycles. The highest BCUT2D eigenvalue weighted by Crippen LogP contribution is 2.34. The predicted octanol–water partition coefficient (Wildman–Crippen LogP) is 0.875. The van der Waals surface area contributed by atoms with Gasteiger partial charge in [0.05, 0.1) is 0 Å². The van der Waals surface area contributed by atoms with Crippen LogP contribution in [0.15, 0.2) is 4.52 Å². The molecule has 1 aromatic heterocycles.